The van der Waals surface area contributed by atoms with Crippen molar-refractivity contribution < 1.29 is 9.47 Å². The molecular weight excluding hydrogens is 338 g/mol. The molecule has 0 fully saturated rings. The van der Waals surface area contributed by atoms with Crippen LogP contribution in [0.2, 0.25) is 0 Å². The van der Waals surface area contributed by atoms with Gasteiger partial charge in [0.15, 0.2) is 0 Å². The maximum Gasteiger partial charge on any atom is 0.132 e. The first kappa shape index (κ1) is 17.5. The zero-order valence-corrected chi connectivity index (χ0v) is 15.4. The van der Waals surface area contributed by atoms with Gasteiger partial charge in [0.1, 0.15) is 18.3 Å². The van der Waals surface area contributed by atoms with E-state index in [0.717, 1.165) is 24.1 Å². The number of amidine groups is 2. The molecule has 0 bridgehead atoms. The van der Waals surface area contributed by atoms with E-state index in [2.05, 4.69) is 30.3 Å². The molecule has 2 aromatic rings. The molecule has 2 N–H and O–H groups in total. The van der Waals surface area contributed by atoms with Gasteiger partial charge in [-0.1, -0.05) is 36.4 Å². The summed E-state index contributed by atoms with van der Waals surface area (Å²) < 4.78 is 11.3. The summed E-state index contributed by atoms with van der Waals surface area (Å²) in [5.41, 5.74) is 6.72. The van der Waals surface area contributed by atoms with Crippen LogP contribution in [0.3, 0.4) is 0 Å². The van der Waals surface area contributed by atoms with Gasteiger partial charge < -0.3 is 9.47 Å². The SMILES string of the molecule is CC(=N)N1C(=N)COCc2c1ccc(C1=COCC1)c2Cc1ccccc1. The Morgan fingerprint density at radius 2 is 1.93 bits per heavy atom. The van der Waals surface area contributed by atoms with Crippen molar-refractivity contribution in [2.24, 2.45) is 0 Å². The quantitative estimate of drug-likeness (QED) is 0.631. The lowest BCUT2D eigenvalue weighted by Gasteiger charge is -2.25. The van der Waals surface area contributed by atoms with Crippen LogP contribution >= 0.6 is 0 Å². The third kappa shape index (κ3) is 3.38. The first-order valence-electron chi connectivity index (χ1n) is 9.15. The molecule has 2 aliphatic heterocycles. The van der Waals surface area contributed by atoms with Crippen molar-refractivity contribution in [3.8, 4) is 0 Å². The lowest BCUT2D eigenvalue weighted by atomic mass is 9.89. The standard InChI is InChI=1S/C22H23N3O2/c1-15(23)25-21-8-7-18(17-9-10-26-12-17)19(11-16-5-3-2-4-6-16)20(21)13-27-14-22(25)24/h2-8,12,23-24H,9-11,13-14H2,1H3. The maximum atomic E-state index is 8.29. The van der Waals surface area contributed by atoms with Crippen molar-refractivity contribution >= 4 is 22.9 Å². The van der Waals surface area contributed by atoms with Crippen LogP contribution in [0, 0.1) is 10.8 Å². The molecule has 138 valence electrons. The first-order valence-corrected chi connectivity index (χ1v) is 9.15. The van der Waals surface area contributed by atoms with E-state index in [-0.39, 0.29) is 6.61 Å². The topological polar surface area (TPSA) is 69.4 Å². The number of nitrogens with one attached hydrogen (secondary N) is 2. The van der Waals surface area contributed by atoms with Gasteiger partial charge in [-0.25, -0.2) is 0 Å². The maximum absolute atomic E-state index is 8.29. The third-order valence-electron chi connectivity index (χ3n) is 5.02. The van der Waals surface area contributed by atoms with Crippen LogP contribution in [-0.2, 0) is 22.5 Å². The van der Waals surface area contributed by atoms with Crippen molar-refractivity contribution in [2.45, 2.75) is 26.4 Å². The number of nitrogens with zero attached hydrogens (tertiary/aromatic N) is 1. The van der Waals surface area contributed by atoms with Crippen LogP contribution in [0.1, 0.15) is 35.6 Å². The van der Waals surface area contributed by atoms with Gasteiger partial charge in [-0.15, -0.1) is 0 Å². The molecule has 0 amide bonds. The summed E-state index contributed by atoms with van der Waals surface area (Å²) in [6.07, 6.45) is 3.53. The Morgan fingerprint density at radius 1 is 1.11 bits per heavy atom. The van der Waals surface area contributed by atoms with Gasteiger partial charge in [0.2, 0.25) is 0 Å². The lowest BCUT2D eigenvalue weighted by Crippen LogP contribution is -2.36. The summed E-state index contributed by atoms with van der Waals surface area (Å²) in [6.45, 7) is 3.06. The van der Waals surface area contributed by atoms with Crippen molar-refractivity contribution in [3.05, 3.63) is 71.0 Å². The molecule has 0 saturated heterocycles. The van der Waals surface area contributed by atoms with E-state index >= 15 is 0 Å². The summed E-state index contributed by atoms with van der Waals surface area (Å²) in [6, 6.07) is 14.5. The number of hydrogen-bond donors (Lipinski definition) is 2. The van der Waals surface area contributed by atoms with Crippen LogP contribution in [-0.4, -0.2) is 24.9 Å². The average molecular weight is 361 g/mol. The Morgan fingerprint density at radius 3 is 2.63 bits per heavy atom. The zero-order chi connectivity index (χ0) is 18.8. The fourth-order valence-corrected chi connectivity index (χ4v) is 3.78. The van der Waals surface area contributed by atoms with E-state index in [1.807, 2.05) is 18.4 Å². The molecule has 5 nitrogen and oxygen atoms in total. The molecule has 0 aromatic heterocycles. The van der Waals surface area contributed by atoms with E-state index in [0.29, 0.717) is 24.9 Å². The lowest BCUT2D eigenvalue weighted by molar-refractivity contribution is 0.159. The minimum Gasteiger partial charge on any atom is -0.501 e. The van der Waals surface area contributed by atoms with E-state index < -0.39 is 0 Å². The predicted molar refractivity (Wildman–Crippen MR) is 107 cm³/mol. The number of rotatable bonds is 3. The minimum atomic E-state index is 0.205. The zero-order valence-electron chi connectivity index (χ0n) is 15.4. The van der Waals surface area contributed by atoms with Gasteiger partial charge >= 0.3 is 0 Å². The molecule has 0 radical (unpaired) electrons. The summed E-state index contributed by atoms with van der Waals surface area (Å²) in [4.78, 5) is 1.68. The minimum absolute atomic E-state index is 0.205. The molecule has 0 saturated carbocycles. The fourth-order valence-electron chi connectivity index (χ4n) is 3.78. The molecular formula is C22H23N3O2. The van der Waals surface area contributed by atoms with E-state index in [4.69, 9.17) is 20.3 Å². The number of ether oxygens (including phenoxy) is 2. The Balaban J connectivity index is 1.89. The van der Waals surface area contributed by atoms with E-state index in [9.17, 15) is 0 Å². The second-order valence-electron chi connectivity index (χ2n) is 6.88. The molecule has 0 atom stereocenters. The molecule has 0 spiro atoms. The third-order valence-corrected chi connectivity index (χ3v) is 5.02. The highest BCUT2D eigenvalue weighted by Gasteiger charge is 2.26. The molecule has 0 aliphatic carbocycles. The Labute approximate surface area is 159 Å². The monoisotopic (exact) mass is 361 g/mol. The van der Waals surface area contributed by atoms with Crippen molar-refractivity contribution in [1.82, 2.24) is 0 Å². The highest BCUT2D eigenvalue weighted by molar-refractivity contribution is 6.17. The second-order valence-corrected chi connectivity index (χ2v) is 6.88. The summed E-state index contributed by atoms with van der Waals surface area (Å²) in [7, 11) is 0. The number of hydrogen-bond acceptors (Lipinski definition) is 4. The molecule has 0 unspecified atom stereocenters. The Bertz CT molecular complexity index is 919. The normalized spacial score (nSPS) is 16.4. The van der Waals surface area contributed by atoms with Crippen molar-refractivity contribution in [1.29, 1.82) is 10.8 Å². The van der Waals surface area contributed by atoms with Crippen LogP contribution in [0.25, 0.3) is 5.57 Å². The molecule has 5 heteroatoms. The molecule has 27 heavy (non-hydrogen) atoms. The smallest absolute Gasteiger partial charge is 0.132 e. The van der Waals surface area contributed by atoms with Crippen molar-refractivity contribution in [3.63, 3.8) is 0 Å². The van der Waals surface area contributed by atoms with Crippen LogP contribution in [0.4, 0.5) is 5.69 Å². The van der Waals surface area contributed by atoms with Gasteiger partial charge in [-0.05, 0) is 41.7 Å². The molecule has 4 rings (SSSR count). The fraction of sp³-hybridized carbons (Fsp3) is 0.273. The second kappa shape index (κ2) is 7.37. The number of fused-ring (bicyclic) bond motifs is 1. The van der Waals surface area contributed by atoms with Gasteiger partial charge in [-0.3, -0.25) is 15.7 Å². The molecule has 2 heterocycles. The van der Waals surface area contributed by atoms with E-state index in [1.54, 1.807) is 11.8 Å². The average Bonchev–Trinajstić information content (AvgIpc) is 3.13. The van der Waals surface area contributed by atoms with Crippen LogP contribution in [0.5, 0.6) is 0 Å². The Hall–Kier alpha value is -2.92. The molecule has 2 aliphatic rings. The van der Waals surface area contributed by atoms with Crippen LogP contribution < -0.4 is 4.90 Å². The number of benzene rings is 2. The number of anilines is 1. The molecule has 2 aromatic carbocycles. The first-order chi connectivity index (χ1) is 13.1. The predicted octanol–water partition coefficient (Wildman–Crippen LogP) is 4.35. The van der Waals surface area contributed by atoms with Gasteiger partial charge in [0.25, 0.3) is 0 Å². The largest absolute Gasteiger partial charge is 0.501 e. The van der Waals surface area contributed by atoms with Crippen molar-refractivity contribution in [2.75, 3.05) is 18.1 Å². The Kier molecular flexibility index (Phi) is 4.77. The van der Waals surface area contributed by atoms with Gasteiger partial charge in [0, 0.05) is 12.0 Å². The highest BCUT2D eigenvalue weighted by atomic mass is 16.5. The van der Waals surface area contributed by atoms with Gasteiger partial charge in [0.05, 0.1) is 25.2 Å². The van der Waals surface area contributed by atoms with Gasteiger partial charge in [-0.2, -0.15) is 0 Å². The summed E-state index contributed by atoms with van der Waals surface area (Å²) in [5.74, 6) is 0.622. The summed E-state index contributed by atoms with van der Waals surface area (Å²) >= 11 is 0. The highest BCUT2D eigenvalue weighted by Crippen LogP contribution is 2.36. The van der Waals surface area contributed by atoms with Crippen LogP contribution in [0.15, 0.2) is 48.7 Å². The summed E-state index contributed by atoms with van der Waals surface area (Å²) in [5, 5.41) is 16.4. The van der Waals surface area contributed by atoms with E-state index in [1.165, 1.54) is 22.3 Å².